The van der Waals surface area contributed by atoms with Crippen molar-refractivity contribution in [1.82, 2.24) is 20.3 Å². The Morgan fingerprint density at radius 3 is 2.52 bits per heavy atom. The van der Waals surface area contributed by atoms with Crippen molar-refractivity contribution in [3.8, 4) is 0 Å². The van der Waals surface area contributed by atoms with Gasteiger partial charge in [-0.15, -0.1) is 0 Å². The molecule has 0 unspecified atom stereocenters. The van der Waals surface area contributed by atoms with Crippen molar-refractivity contribution in [2.24, 2.45) is 5.10 Å². The monoisotopic (exact) mass is 410 g/mol. The molecule has 154 valence electrons. The van der Waals surface area contributed by atoms with Crippen molar-refractivity contribution < 1.29 is 0 Å². The SMILES string of the molecule is CCC.S=C(N/N=C1/CCCc2cccnc21)N1CCN(c2ccccn2)CC1. The third-order valence-electron chi connectivity index (χ3n) is 4.85. The molecule has 3 heterocycles. The zero-order chi connectivity index (χ0) is 20.5. The van der Waals surface area contributed by atoms with E-state index >= 15 is 0 Å². The zero-order valence-corrected chi connectivity index (χ0v) is 18.2. The van der Waals surface area contributed by atoms with Gasteiger partial charge < -0.3 is 9.80 Å². The molecule has 2 aromatic rings. The van der Waals surface area contributed by atoms with Crippen molar-refractivity contribution in [3.05, 3.63) is 54.0 Å². The summed E-state index contributed by atoms with van der Waals surface area (Å²) in [5.74, 6) is 1.02. The Hall–Kier alpha value is -2.54. The number of hydrazone groups is 1. The highest BCUT2D eigenvalue weighted by molar-refractivity contribution is 7.80. The average Bonchev–Trinajstić information content (AvgIpc) is 2.79. The van der Waals surface area contributed by atoms with Gasteiger partial charge >= 0.3 is 0 Å². The summed E-state index contributed by atoms with van der Waals surface area (Å²) in [5, 5.41) is 5.25. The van der Waals surface area contributed by atoms with Crippen LogP contribution in [0, 0.1) is 0 Å². The molecule has 0 radical (unpaired) electrons. The number of aromatic nitrogens is 2. The van der Waals surface area contributed by atoms with Crippen molar-refractivity contribution in [2.45, 2.75) is 39.5 Å². The quantitative estimate of drug-likeness (QED) is 0.603. The lowest BCUT2D eigenvalue weighted by Crippen LogP contribution is -2.51. The van der Waals surface area contributed by atoms with Gasteiger partial charge in [-0.05, 0) is 55.2 Å². The van der Waals surface area contributed by atoms with Gasteiger partial charge in [0.05, 0.1) is 11.4 Å². The molecule has 0 aromatic carbocycles. The topological polar surface area (TPSA) is 56.7 Å². The Balaban J connectivity index is 0.000000755. The Kier molecular flexibility index (Phi) is 7.93. The van der Waals surface area contributed by atoms with E-state index in [2.05, 4.69) is 50.2 Å². The maximum atomic E-state index is 5.55. The summed E-state index contributed by atoms with van der Waals surface area (Å²) in [6.07, 6.45) is 8.03. The first-order valence-electron chi connectivity index (χ1n) is 10.4. The van der Waals surface area contributed by atoms with Gasteiger partial charge in [-0.2, -0.15) is 5.10 Å². The molecule has 1 N–H and O–H groups in total. The van der Waals surface area contributed by atoms with E-state index in [0.717, 1.165) is 62.7 Å². The molecule has 0 saturated carbocycles. The van der Waals surface area contributed by atoms with E-state index in [4.69, 9.17) is 12.2 Å². The number of thiocarbonyl (C=S) groups is 1. The first kappa shape index (κ1) is 21.2. The van der Waals surface area contributed by atoms with Crippen LogP contribution in [0.2, 0.25) is 0 Å². The minimum atomic E-state index is 0.682. The van der Waals surface area contributed by atoms with Crippen molar-refractivity contribution in [2.75, 3.05) is 31.1 Å². The fourth-order valence-electron chi connectivity index (χ4n) is 3.44. The van der Waals surface area contributed by atoms with Crippen molar-refractivity contribution >= 4 is 28.9 Å². The number of fused-ring (bicyclic) bond motifs is 1. The van der Waals surface area contributed by atoms with Gasteiger partial charge in [-0.1, -0.05) is 32.4 Å². The van der Waals surface area contributed by atoms with E-state index < -0.39 is 0 Å². The second-order valence-electron chi connectivity index (χ2n) is 7.21. The first-order chi connectivity index (χ1) is 14.2. The van der Waals surface area contributed by atoms with Crippen LogP contribution < -0.4 is 10.3 Å². The fourth-order valence-corrected chi connectivity index (χ4v) is 3.67. The molecule has 7 heteroatoms. The number of nitrogens with one attached hydrogen (secondary N) is 1. The van der Waals surface area contributed by atoms with Crippen molar-refractivity contribution in [3.63, 3.8) is 0 Å². The summed E-state index contributed by atoms with van der Waals surface area (Å²) in [6.45, 7) is 7.78. The molecule has 0 spiro atoms. The molecule has 1 aliphatic carbocycles. The summed E-state index contributed by atoms with van der Waals surface area (Å²) in [4.78, 5) is 13.4. The molecule has 2 aliphatic rings. The van der Waals surface area contributed by atoms with Gasteiger partial charge in [-0.25, -0.2) is 4.98 Å². The normalized spacial score (nSPS) is 17.2. The summed E-state index contributed by atoms with van der Waals surface area (Å²) >= 11 is 5.55. The van der Waals surface area contributed by atoms with Crippen LogP contribution in [-0.4, -0.2) is 51.9 Å². The molecule has 4 rings (SSSR count). The lowest BCUT2D eigenvalue weighted by molar-refractivity contribution is 0.380. The van der Waals surface area contributed by atoms with E-state index in [-0.39, 0.29) is 0 Å². The standard InChI is InChI=1S/C19H22N6S.C3H8/c26-19(23-22-16-7-3-5-15-6-4-10-21-18(15)16)25-13-11-24(12-14-25)17-8-1-2-9-20-17;1-3-2/h1-2,4,6,8-10H,3,5,7,11-14H2,(H,23,26);3H2,1-2H3/b22-16-;. The minimum absolute atomic E-state index is 0.682. The van der Waals surface area contributed by atoms with Gasteiger partial charge in [0, 0.05) is 38.6 Å². The maximum Gasteiger partial charge on any atom is 0.189 e. The van der Waals surface area contributed by atoms with Crippen LogP contribution in [-0.2, 0) is 6.42 Å². The third-order valence-corrected chi connectivity index (χ3v) is 5.20. The fraction of sp³-hybridized carbons (Fsp3) is 0.455. The van der Waals surface area contributed by atoms with Crippen LogP contribution in [0.3, 0.4) is 0 Å². The molecule has 29 heavy (non-hydrogen) atoms. The molecular formula is C22H30N6S. The Labute approximate surface area is 179 Å². The van der Waals surface area contributed by atoms with Crippen LogP contribution in [0.5, 0.6) is 0 Å². The summed E-state index contributed by atoms with van der Waals surface area (Å²) in [7, 11) is 0. The van der Waals surface area contributed by atoms with Gasteiger partial charge in [0.2, 0.25) is 0 Å². The summed E-state index contributed by atoms with van der Waals surface area (Å²) in [6, 6.07) is 10.1. The molecule has 0 atom stereocenters. The number of pyridine rings is 2. The highest BCUT2D eigenvalue weighted by Crippen LogP contribution is 2.19. The van der Waals surface area contributed by atoms with Crippen LogP contribution >= 0.6 is 12.2 Å². The lowest BCUT2D eigenvalue weighted by atomic mass is 9.95. The lowest BCUT2D eigenvalue weighted by Gasteiger charge is -2.36. The van der Waals surface area contributed by atoms with Crippen LogP contribution in [0.15, 0.2) is 47.8 Å². The number of hydrogen-bond donors (Lipinski definition) is 1. The molecule has 6 nitrogen and oxygen atoms in total. The number of nitrogens with zero attached hydrogens (tertiary/aromatic N) is 5. The van der Waals surface area contributed by atoms with Gasteiger partial charge in [0.25, 0.3) is 0 Å². The molecule has 0 bridgehead atoms. The minimum Gasteiger partial charge on any atom is -0.353 e. The Morgan fingerprint density at radius 1 is 1.03 bits per heavy atom. The Bertz CT molecular complexity index is 815. The molecule has 2 aromatic heterocycles. The molecule has 1 fully saturated rings. The van der Waals surface area contributed by atoms with Crippen LogP contribution in [0.1, 0.15) is 44.4 Å². The van der Waals surface area contributed by atoms with E-state index in [9.17, 15) is 0 Å². The predicted octanol–water partition coefficient (Wildman–Crippen LogP) is 3.63. The zero-order valence-electron chi connectivity index (χ0n) is 17.3. The van der Waals surface area contributed by atoms with Gasteiger partial charge in [0.15, 0.2) is 5.11 Å². The second kappa shape index (κ2) is 10.9. The second-order valence-corrected chi connectivity index (χ2v) is 7.60. The van der Waals surface area contributed by atoms with Crippen LogP contribution in [0.25, 0.3) is 0 Å². The number of anilines is 1. The maximum absolute atomic E-state index is 5.55. The molecule has 1 saturated heterocycles. The van der Waals surface area contributed by atoms with Crippen LogP contribution in [0.4, 0.5) is 5.82 Å². The highest BCUT2D eigenvalue weighted by Gasteiger charge is 2.20. The van der Waals surface area contributed by atoms with Gasteiger partial charge in [0.1, 0.15) is 5.82 Å². The van der Waals surface area contributed by atoms with Crippen molar-refractivity contribution in [1.29, 1.82) is 0 Å². The van der Waals surface area contributed by atoms with Gasteiger partial charge in [-0.3, -0.25) is 10.4 Å². The molecule has 0 amide bonds. The summed E-state index contributed by atoms with van der Waals surface area (Å²) in [5.41, 5.74) is 6.37. The Morgan fingerprint density at radius 2 is 1.79 bits per heavy atom. The predicted molar refractivity (Wildman–Crippen MR) is 123 cm³/mol. The number of hydrogen-bond acceptors (Lipinski definition) is 5. The smallest absolute Gasteiger partial charge is 0.189 e. The first-order valence-corrected chi connectivity index (χ1v) is 10.9. The number of aryl methyl sites for hydroxylation is 1. The van der Waals surface area contributed by atoms with E-state index in [1.54, 1.807) is 0 Å². The molecule has 1 aliphatic heterocycles. The number of rotatable bonds is 2. The highest BCUT2D eigenvalue weighted by atomic mass is 32.1. The largest absolute Gasteiger partial charge is 0.353 e. The molecular weight excluding hydrogens is 380 g/mol. The third kappa shape index (κ3) is 5.73. The average molecular weight is 411 g/mol. The number of piperazine rings is 1. The van der Waals surface area contributed by atoms with E-state index in [0.29, 0.717) is 5.11 Å². The van der Waals surface area contributed by atoms with E-state index in [1.165, 1.54) is 12.0 Å². The van der Waals surface area contributed by atoms with E-state index in [1.807, 2.05) is 36.7 Å². The summed E-state index contributed by atoms with van der Waals surface area (Å²) < 4.78 is 0.